The Kier molecular flexibility index (Phi) is 4.64. The standard InChI is InChI=1S/C20H19ClN6/c21-15-9-5-4-8-14(15)13-10-16-18(17(11-13)25-27-20(22)23)19(26-24-16)12-6-2-1-3-7-12/h1-9,13H,10-11H2,(H,24,26)(H4,22,23,27). The summed E-state index contributed by atoms with van der Waals surface area (Å²) in [6.45, 7) is 0. The van der Waals surface area contributed by atoms with E-state index >= 15 is 0 Å². The van der Waals surface area contributed by atoms with Gasteiger partial charge in [-0.1, -0.05) is 60.1 Å². The van der Waals surface area contributed by atoms with E-state index in [-0.39, 0.29) is 11.9 Å². The van der Waals surface area contributed by atoms with Gasteiger partial charge in [-0.2, -0.15) is 10.2 Å². The molecule has 0 aliphatic heterocycles. The number of benzene rings is 2. The molecule has 0 radical (unpaired) electrons. The first kappa shape index (κ1) is 17.3. The number of nitrogens with one attached hydrogen (secondary N) is 1. The summed E-state index contributed by atoms with van der Waals surface area (Å²) in [5.41, 5.74) is 16.7. The second kappa shape index (κ2) is 7.25. The third kappa shape index (κ3) is 3.44. The van der Waals surface area contributed by atoms with Crippen LogP contribution in [0.1, 0.15) is 29.2 Å². The molecule has 6 nitrogen and oxygen atoms in total. The molecule has 5 N–H and O–H groups in total. The monoisotopic (exact) mass is 378 g/mol. The lowest BCUT2D eigenvalue weighted by molar-refractivity contribution is 0.679. The Labute approximate surface area is 162 Å². The summed E-state index contributed by atoms with van der Waals surface area (Å²) in [6, 6.07) is 17.9. The Balaban J connectivity index is 1.82. The highest BCUT2D eigenvalue weighted by molar-refractivity contribution is 6.31. The second-order valence-corrected chi connectivity index (χ2v) is 6.90. The normalized spacial score (nSPS) is 17.5. The maximum absolute atomic E-state index is 6.43. The number of hydrogen-bond donors (Lipinski definition) is 3. The van der Waals surface area contributed by atoms with E-state index < -0.39 is 0 Å². The smallest absolute Gasteiger partial charge is 0.211 e. The van der Waals surface area contributed by atoms with E-state index in [1.807, 2.05) is 54.6 Å². The van der Waals surface area contributed by atoms with Crippen LogP contribution < -0.4 is 11.5 Å². The fourth-order valence-corrected chi connectivity index (χ4v) is 3.82. The van der Waals surface area contributed by atoms with Crippen molar-refractivity contribution in [3.8, 4) is 11.3 Å². The van der Waals surface area contributed by atoms with Crippen LogP contribution in [0.3, 0.4) is 0 Å². The van der Waals surface area contributed by atoms with Gasteiger partial charge in [0, 0.05) is 21.8 Å². The Bertz CT molecular complexity index is 1020. The van der Waals surface area contributed by atoms with Gasteiger partial charge in [0.1, 0.15) is 5.69 Å². The van der Waals surface area contributed by atoms with Crippen LogP contribution >= 0.6 is 11.6 Å². The number of halogens is 1. The van der Waals surface area contributed by atoms with E-state index in [0.29, 0.717) is 6.42 Å². The van der Waals surface area contributed by atoms with Crippen molar-refractivity contribution in [3.63, 3.8) is 0 Å². The van der Waals surface area contributed by atoms with Gasteiger partial charge in [-0.05, 0) is 30.4 Å². The molecule has 0 bridgehead atoms. The first-order valence-electron chi connectivity index (χ1n) is 8.66. The van der Waals surface area contributed by atoms with Crippen molar-refractivity contribution in [2.75, 3.05) is 0 Å². The zero-order chi connectivity index (χ0) is 18.8. The summed E-state index contributed by atoms with van der Waals surface area (Å²) in [6.07, 6.45) is 1.46. The summed E-state index contributed by atoms with van der Waals surface area (Å²) in [5.74, 6) is 0.0943. The van der Waals surface area contributed by atoms with Crippen LogP contribution in [0, 0.1) is 0 Å². The molecule has 136 valence electrons. The van der Waals surface area contributed by atoms with Crippen molar-refractivity contribution in [2.45, 2.75) is 18.8 Å². The highest BCUT2D eigenvalue weighted by atomic mass is 35.5. The van der Waals surface area contributed by atoms with Crippen LogP contribution in [0.25, 0.3) is 11.3 Å². The molecule has 0 amide bonds. The topological polar surface area (TPSA) is 105 Å². The molecule has 0 spiro atoms. The van der Waals surface area contributed by atoms with E-state index in [9.17, 15) is 0 Å². The van der Waals surface area contributed by atoms with Crippen molar-refractivity contribution in [1.29, 1.82) is 0 Å². The Morgan fingerprint density at radius 1 is 1.04 bits per heavy atom. The SMILES string of the molecule is NC(N)=NN=C1CC(c2ccccc2Cl)Cc2[nH]nc(-c3ccccc3)c21. The highest BCUT2D eigenvalue weighted by Gasteiger charge is 2.31. The summed E-state index contributed by atoms with van der Waals surface area (Å²) in [7, 11) is 0. The minimum Gasteiger partial charge on any atom is -0.369 e. The van der Waals surface area contributed by atoms with Crippen molar-refractivity contribution in [3.05, 3.63) is 76.4 Å². The lowest BCUT2D eigenvalue weighted by Crippen LogP contribution is -2.23. The maximum Gasteiger partial charge on any atom is 0.211 e. The Hall–Kier alpha value is -3.12. The summed E-state index contributed by atoms with van der Waals surface area (Å²) < 4.78 is 0. The van der Waals surface area contributed by atoms with Crippen LogP contribution in [0.5, 0.6) is 0 Å². The predicted molar refractivity (Wildman–Crippen MR) is 109 cm³/mol. The zero-order valence-corrected chi connectivity index (χ0v) is 15.3. The molecule has 0 fully saturated rings. The molecule has 1 heterocycles. The lowest BCUT2D eigenvalue weighted by Gasteiger charge is -2.24. The fourth-order valence-electron chi connectivity index (χ4n) is 3.53. The first-order valence-corrected chi connectivity index (χ1v) is 9.04. The van der Waals surface area contributed by atoms with E-state index in [0.717, 1.165) is 45.2 Å². The minimum atomic E-state index is -0.0753. The Morgan fingerprint density at radius 2 is 1.78 bits per heavy atom. The average molecular weight is 379 g/mol. The van der Waals surface area contributed by atoms with Gasteiger partial charge in [0.05, 0.1) is 5.71 Å². The molecule has 3 aromatic rings. The largest absolute Gasteiger partial charge is 0.369 e. The molecule has 1 aromatic heterocycles. The van der Waals surface area contributed by atoms with Gasteiger partial charge < -0.3 is 11.5 Å². The molecular formula is C20H19ClN6. The Morgan fingerprint density at radius 3 is 2.52 bits per heavy atom. The molecule has 1 atom stereocenters. The van der Waals surface area contributed by atoms with E-state index in [1.165, 1.54) is 0 Å². The number of fused-ring (bicyclic) bond motifs is 1. The number of aromatic amines is 1. The summed E-state index contributed by atoms with van der Waals surface area (Å²) in [4.78, 5) is 0. The van der Waals surface area contributed by atoms with Gasteiger partial charge in [-0.25, -0.2) is 0 Å². The molecule has 0 saturated carbocycles. The van der Waals surface area contributed by atoms with Crippen molar-refractivity contribution >= 4 is 23.3 Å². The molecule has 1 aliphatic carbocycles. The highest BCUT2D eigenvalue weighted by Crippen LogP contribution is 2.38. The third-order valence-corrected chi connectivity index (χ3v) is 5.04. The van der Waals surface area contributed by atoms with Crippen LogP contribution in [0.15, 0.2) is 64.8 Å². The zero-order valence-electron chi connectivity index (χ0n) is 14.6. The average Bonchev–Trinajstić information content (AvgIpc) is 3.11. The number of aromatic nitrogens is 2. The molecule has 1 unspecified atom stereocenters. The van der Waals surface area contributed by atoms with Crippen molar-refractivity contribution < 1.29 is 0 Å². The molecular weight excluding hydrogens is 360 g/mol. The minimum absolute atomic E-state index is 0.0753. The van der Waals surface area contributed by atoms with Gasteiger partial charge in [-0.15, -0.1) is 5.10 Å². The quantitative estimate of drug-likeness (QED) is 0.369. The number of rotatable bonds is 3. The molecule has 2 aromatic carbocycles. The van der Waals surface area contributed by atoms with E-state index in [2.05, 4.69) is 20.4 Å². The van der Waals surface area contributed by atoms with Gasteiger partial charge >= 0.3 is 0 Å². The van der Waals surface area contributed by atoms with Crippen molar-refractivity contribution in [2.24, 2.45) is 21.7 Å². The van der Waals surface area contributed by atoms with E-state index in [4.69, 9.17) is 23.1 Å². The predicted octanol–water partition coefficient (Wildman–Crippen LogP) is 3.44. The first-order chi connectivity index (χ1) is 13.1. The number of guanidine groups is 1. The number of H-pyrrole nitrogens is 1. The van der Waals surface area contributed by atoms with Gasteiger partial charge in [0.15, 0.2) is 0 Å². The number of nitrogens with zero attached hydrogens (tertiary/aromatic N) is 3. The van der Waals surface area contributed by atoms with Crippen LogP contribution in [0.4, 0.5) is 0 Å². The third-order valence-electron chi connectivity index (χ3n) is 4.70. The summed E-state index contributed by atoms with van der Waals surface area (Å²) in [5, 5.41) is 16.7. The lowest BCUT2D eigenvalue weighted by atomic mass is 9.80. The van der Waals surface area contributed by atoms with E-state index in [1.54, 1.807) is 0 Å². The van der Waals surface area contributed by atoms with Gasteiger partial charge in [0.2, 0.25) is 5.96 Å². The molecule has 27 heavy (non-hydrogen) atoms. The molecule has 1 aliphatic rings. The molecule has 4 rings (SSSR count). The van der Waals surface area contributed by atoms with Crippen LogP contribution in [-0.2, 0) is 6.42 Å². The van der Waals surface area contributed by atoms with Crippen molar-refractivity contribution in [1.82, 2.24) is 10.2 Å². The number of nitrogens with two attached hydrogens (primary N) is 2. The number of hydrogen-bond acceptors (Lipinski definition) is 3. The summed E-state index contributed by atoms with van der Waals surface area (Å²) >= 11 is 6.43. The molecule has 0 saturated heterocycles. The molecule has 7 heteroatoms. The fraction of sp³-hybridized carbons (Fsp3) is 0.150. The van der Waals surface area contributed by atoms with Gasteiger partial charge in [0.25, 0.3) is 0 Å². The van der Waals surface area contributed by atoms with Crippen LogP contribution in [0.2, 0.25) is 5.02 Å². The van der Waals surface area contributed by atoms with Crippen LogP contribution in [-0.4, -0.2) is 21.9 Å². The maximum atomic E-state index is 6.43. The van der Waals surface area contributed by atoms with Gasteiger partial charge in [-0.3, -0.25) is 5.10 Å². The second-order valence-electron chi connectivity index (χ2n) is 6.49.